The number of hydrogen-bond acceptors (Lipinski definition) is 4. The number of thioether (sulfide) groups is 1. The number of piperidine rings is 1. The molecule has 82 valence electrons. The minimum Gasteiger partial charge on any atom is -0.313 e. The van der Waals surface area contributed by atoms with Crippen molar-refractivity contribution in [3.8, 4) is 0 Å². The normalized spacial score (nSPS) is 21.5. The van der Waals surface area contributed by atoms with E-state index >= 15 is 0 Å². The first-order valence-corrected chi connectivity index (χ1v) is 6.49. The summed E-state index contributed by atoms with van der Waals surface area (Å²) in [4.78, 5) is 8.63. The molecule has 0 radical (unpaired) electrons. The Labute approximate surface area is 95.1 Å². The Hall–Kier alpha value is -0.610. The summed E-state index contributed by atoms with van der Waals surface area (Å²) in [6.45, 7) is 3.17. The molecular weight excluding hydrogens is 206 g/mol. The van der Waals surface area contributed by atoms with Crippen molar-refractivity contribution in [2.45, 2.75) is 37.4 Å². The van der Waals surface area contributed by atoms with Gasteiger partial charge in [0, 0.05) is 23.7 Å². The van der Waals surface area contributed by atoms with Crippen LogP contribution in [0.3, 0.4) is 0 Å². The monoisotopic (exact) mass is 223 g/mol. The van der Waals surface area contributed by atoms with Crippen molar-refractivity contribution in [2.24, 2.45) is 0 Å². The molecule has 4 heteroatoms. The van der Waals surface area contributed by atoms with Crippen molar-refractivity contribution in [1.29, 1.82) is 0 Å². The zero-order chi connectivity index (χ0) is 10.5. The highest BCUT2D eigenvalue weighted by Gasteiger charge is 2.13. The SMILES string of the molecule is Cc1ccnc(SC[C@H]2CCCCN2)n1. The molecule has 2 heterocycles. The Kier molecular flexibility index (Phi) is 3.97. The molecule has 0 amide bonds. The fourth-order valence-electron chi connectivity index (χ4n) is 1.74. The minimum absolute atomic E-state index is 0.646. The lowest BCUT2D eigenvalue weighted by Gasteiger charge is -2.22. The topological polar surface area (TPSA) is 37.8 Å². The molecule has 2 rings (SSSR count). The molecule has 0 unspecified atom stereocenters. The van der Waals surface area contributed by atoms with Crippen molar-refractivity contribution in [3.05, 3.63) is 18.0 Å². The average Bonchev–Trinajstić information content (AvgIpc) is 2.28. The summed E-state index contributed by atoms with van der Waals surface area (Å²) in [7, 11) is 0. The van der Waals surface area contributed by atoms with Gasteiger partial charge in [0.05, 0.1) is 0 Å². The minimum atomic E-state index is 0.646. The second kappa shape index (κ2) is 5.47. The fraction of sp³-hybridized carbons (Fsp3) is 0.636. The molecule has 1 N–H and O–H groups in total. The molecule has 0 spiro atoms. The Morgan fingerprint density at radius 2 is 2.47 bits per heavy atom. The molecule has 1 aromatic rings. The van der Waals surface area contributed by atoms with Crippen molar-refractivity contribution in [1.82, 2.24) is 15.3 Å². The Balaban J connectivity index is 1.81. The lowest BCUT2D eigenvalue weighted by atomic mass is 10.1. The molecule has 0 saturated carbocycles. The van der Waals surface area contributed by atoms with E-state index in [2.05, 4.69) is 15.3 Å². The Morgan fingerprint density at radius 1 is 1.53 bits per heavy atom. The number of aryl methyl sites for hydroxylation is 1. The first kappa shape index (κ1) is 10.9. The Morgan fingerprint density at radius 3 is 3.20 bits per heavy atom. The van der Waals surface area contributed by atoms with E-state index in [0.29, 0.717) is 6.04 Å². The summed E-state index contributed by atoms with van der Waals surface area (Å²) in [5, 5.41) is 4.43. The van der Waals surface area contributed by atoms with Crippen molar-refractivity contribution in [3.63, 3.8) is 0 Å². The summed E-state index contributed by atoms with van der Waals surface area (Å²) in [6.07, 6.45) is 5.80. The molecule has 1 atom stereocenters. The van der Waals surface area contributed by atoms with E-state index < -0.39 is 0 Å². The van der Waals surface area contributed by atoms with Crippen molar-refractivity contribution >= 4 is 11.8 Å². The maximum absolute atomic E-state index is 4.38. The van der Waals surface area contributed by atoms with Crippen LogP contribution in [0, 0.1) is 6.92 Å². The number of nitrogens with zero attached hydrogens (tertiary/aromatic N) is 2. The number of nitrogens with one attached hydrogen (secondary N) is 1. The van der Waals surface area contributed by atoms with Gasteiger partial charge in [0.15, 0.2) is 5.16 Å². The summed E-state index contributed by atoms with van der Waals surface area (Å²) in [5.41, 5.74) is 1.05. The van der Waals surface area contributed by atoms with Crippen molar-refractivity contribution in [2.75, 3.05) is 12.3 Å². The van der Waals surface area contributed by atoms with E-state index in [-0.39, 0.29) is 0 Å². The molecule has 1 aliphatic rings. The highest BCUT2D eigenvalue weighted by atomic mass is 32.2. The van der Waals surface area contributed by atoms with Gasteiger partial charge in [-0.15, -0.1) is 0 Å². The number of hydrogen-bond donors (Lipinski definition) is 1. The van der Waals surface area contributed by atoms with Crippen LogP contribution >= 0.6 is 11.8 Å². The van der Waals surface area contributed by atoms with E-state index in [1.807, 2.05) is 19.2 Å². The molecule has 1 aromatic heterocycles. The van der Waals surface area contributed by atoms with Gasteiger partial charge in [-0.2, -0.15) is 0 Å². The molecule has 1 aliphatic heterocycles. The van der Waals surface area contributed by atoms with Gasteiger partial charge >= 0.3 is 0 Å². The highest BCUT2D eigenvalue weighted by Crippen LogP contribution is 2.17. The fourth-order valence-corrected chi connectivity index (χ4v) is 2.72. The molecular formula is C11H17N3S. The van der Waals surface area contributed by atoms with Crippen LogP contribution in [0.4, 0.5) is 0 Å². The molecule has 3 nitrogen and oxygen atoms in total. The van der Waals surface area contributed by atoms with E-state index in [1.165, 1.54) is 25.8 Å². The molecule has 1 saturated heterocycles. The van der Waals surface area contributed by atoms with Gasteiger partial charge in [0.25, 0.3) is 0 Å². The average molecular weight is 223 g/mol. The highest BCUT2D eigenvalue weighted by molar-refractivity contribution is 7.99. The third kappa shape index (κ3) is 3.47. The Bertz CT molecular complexity index is 310. The lowest BCUT2D eigenvalue weighted by Crippen LogP contribution is -2.35. The largest absolute Gasteiger partial charge is 0.313 e. The van der Waals surface area contributed by atoms with Crippen molar-refractivity contribution < 1.29 is 0 Å². The smallest absolute Gasteiger partial charge is 0.187 e. The van der Waals surface area contributed by atoms with E-state index in [4.69, 9.17) is 0 Å². The van der Waals surface area contributed by atoms with Gasteiger partial charge < -0.3 is 5.32 Å². The van der Waals surface area contributed by atoms with Crippen LogP contribution in [0.5, 0.6) is 0 Å². The van der Waals surface area contributed by atoms with Gasteiger partial charge in [0.1, 0.15) is 0 Å². The summed E-state index contributed by atoms with van der Waals surface area (Å²) in [5.74, 6) is 1.09. The first-order chi connectivity index (χ1) is 7.34. The third-order valence-electron chi connectivity index (χ3n) is 2.60. The second-order valence-electron chi connectivity index (χ2n) is 3.94. The molecule has 1 fully saturated rings. The number of aromatic nitrogens is 2. The summed E-state index contributed by atoms with van der Waals surface area (Å²) >= 11 is 1.76. The molecule has 0 bridgehead atoms. The first-order valence-electron chi connectivity index (χ1n) is 5.50. The zero-order valence-electron chi connectivity index (χ0n) is 9.07. The predicted molar refractivity (Wildman–Crippen MR) is 63.1 cm³/mol. The van der Waals surface area contributed by atoms with Gasteiger partial charge in [-0.25, -0.2) is 9.97 Å². The predicted octanol–water partition coefficient (Wildman–Crippen LogP) is 2.02. The zero-order valence-corrected chi connectivity index (χ0v) is 9.89. The van der Waals surface area contributed by atoms with Crippen LogP contribution in [-0.2, 0) is 0 Å². The van der Waals surface area contributed by atoms with Crippen LogP contribution in [0.25, 0.3) is 0 Å². The lowest BCUT2D eigenvalue weighted by molar-refractivity contribution is 0.429. The second-order valence-corrected chi connectivity index (χ2v) is 4.93. The van der Waals surface area contributed by atoms with Gasteiger partial charge in [-0.05, 0) is 32.4 Å². The molecule has 0 aliphatic carbocycles. The van der Waals surface area contributed by atoms with E-state index in [1.54, 1.807) is 11.8 Å². The standard InChI is InChI=1S/C11H17N3S/c1-9-5-7-13-11(14-9)15-8-10-4-2-3-6-12-10/h5,7,10,12H,2-4,6,8H2,1H3/t10-/m1/s1. The van der Waals surface area contributed by atoms with Crippen LogP contribution in [0.1, 0.15) is 25.0 Å². The van der Waals surface area contributed by atoms with Gasteiger partial charge in [-0.1, -0.05) is 18.2 Å². The quantitative estimate of drug-likeness (QED) is 0.628. The van der Waals surface area contributed by atoms with E-state index in [0.717, 1.165) is 16.6 Å². The number of rotatable bonds is 3. The third-order valence-corrected chi connectivity index (χ3v) is 3.62. The van der Waals surface area contributed by atoms with Crippen LogP contribution in [0.2, 0.25) is 0 Å². The van der Waals surface area contributed by atoms with Crippen LogP contribution < -0.4 is 5.32 Å². The van der Waals surface area contributed by atoms with Gasteiger partial charge in [0.2, 0.25) is 0 Å². The van der Waals surface area contributed by atoms with E-state index in [9.17, 15) is 0 Å². The van der Waals surface area contributed by atoms with Crippen LogP contribution in [-0.4, -0.2) is 28.3 Å². The summed E-state index contributed by atoms with van der Waals surface area (Å²) in [6, 6.07) is 2.58. The van der Waals surface area contributed by atoms with Gasteiger partial charge in [-0.3, -0.25) is 0 Å². The molecule has 15 heavy (non-hydrogen) atoms. The van der Waals surface area contributed by atoms with Crippen LogP contribution in [0.15, 0.2) is 17.4 Å². The summed E-state index contributed by atoms with van der Waals surface area (Å²) < 4.78 is 0. The maximum atomic E-state index is 4.38. The maximum Gasteiger partial charge on any atom is 0.187 e. The molecule has 0 aromatic carbocycles.